The third-order valence-corrected chi connectivity index (χ3v) is 4.02. The molecule has 3 heteroatoms. The van der Waals surface area contributed by atoms with E-state index in [4.69, 9.17) is 17.3 Å². The molecule has 1 aliphatic rings. The zero-order chi connectivity index (χ0) is 12.5. The highest BCUT2D eigenvalue weighted by Gasteiger charge is 2.27. The number of hydrogen-bond acceptors (Lipinski definition) is 2. The second-order valence-corrected chi connectivity index (χ2v) is 5.25. The summed E-state index contributed by atoms with van der Waals surface area (Å²) in [5.41, 5.74) is 10.1. The van der Waals surface area contributed by atoms with Gasteiger partial charge in [-0.2, -0.15) is 0 Å². The van der Waals surface area contributed by atoms with Crippen LogP contribution in [0.3, 0.4) is 0 Å². The van der Waals surface area contributed by atoms with Crippen molar-refractivity contribution in [3.63, 3.8) is 0 Å². The molecule has 2 unspecified atom stereocenters. The summed E-state index contributed by atoms with van der Waals surface area (Å²) >= 11 is 6.12. The largest absolute Gasteiger partial charge is 0.324 e. The topological polar surface area (TPSA) is 38.9 Å². The molecule has 1 aromatic carbocycles. The molecule has 92 valence electrons. The first-order valence-corrected chi connectivity index (χ1v) is 6.56. The van der Waals surface area contributed by atoms with E-state index in [0.717, 1.165) is 18.4 Å². The first-order chi connectivity index (χ1) is 8.75. The summed E-state index contributed by atoms with van der Waals surface area (Å²) in [6, 6.07) is 10.5. The van der Waals surface area contributed by atoms with Crippen LogP contribution in [0.2, 0.25) is 5.02 Å². The highest BCUT2D eigenvalue weighted by atomic mass is 35.5. The average Bonchev–Trinajstić information content (AvgIpc) is 2.36. The lowest BCUT2D eigenvalue weighted by molar-refractivity contribution is 0.498. The minimum absolute atomic E-state index is 0.0149. The van der Waals surface area contributed by atoms with E-state index in [1.54, 1.807) is 12.4 Å². The van der Waals surface area contributed by atoms with Crippen molar-refractivity contribution in [2.24, 2.45) is 5.73 Å². The zero-order valence-corrected chi connectivity index (χ0v) is 10.8. The summed E-state index contributed by atoms with van der Waals surface area (Å²) in [4.78, 5) is 3.99. The summed E-state index contributed by atoms with van der Waals surface area (Å²) in [6.45, 7) is 0. The highest BCUT2D eigenvalue weighted by molar-refractivity contribution is 6.31. The molecule has 0 saturated carbocycles. The van der Waals surface area contributed by atoms with Crippen molar-refractivity contribution in [3.8, 4) is 0 Å². The summed E-state index contributed by atoms with van der Waals surface area (Å²) in [7, 11) is 0. The molecule has 0 amide bonds. The lowest BCUT2D eigenvalue weighted by Crippen LogP contribution is -2.23. The van der Waals surface area contributed by atoms with Gasteiger partial charge in [-0.25, -0.2) is 0 Å². The van der Waals surface area contributed by atoms with Gasteiger partial charge in [0, 0.05) is 18.4 Å². The van der Waals surface area contributed by atoms with Gasteiger partial charge in [-0.15, -0.1) is 0 Å². The predicted octanol–water partition coefficient (Wildman–Crippen LogP) is 3.46. The first-order valence-electron chi connectivity index (χ1n) is 6.18. The van der Waals surface area contributed by atoms with E-state index in [1.807, 2.05) is 6.07 Å². The Hall–Kier alpha value is -1.38. The number of nitrogens with two attached hydrogens (primary N) is 1. The molecular weight excluding hydrogens is 244 g/mol. The van der Waals surface area contributed by atoms with Gasteiger partial charge < -0.3 is 5.73 Å². The number of hydrogen-bond donors (Lipinski definition) is 1. The predicted molar refractivity (Wildman–Crippen MR) is 73.7 cm³/mol. The van der Waals surface area contributed by atoms with Crippen molar-refractivity contribution < 1.29 is 0 Å². The third kappa shape index (κ3) is 2.02. The number of nitrogens with zero attached hydrogens (tertiary/aromatic N) is 1. The summed E-state index contributed by atoms with van der Waals surface area (Å²) in [5, 5.41) is 0.664. The SMILES string of the molecule is NC(CC1Cc2ccccc21)c1ccncc1Cl. The Kier molecular flexibility index (Phi) is 3.06. The van der Waals surface area contributed by atoms with Gasteiger partial charge in [0.1, 0.15) is 0 Å². The molecule has 1 heterocycles. The second kappa shape index (κ2) is 4.71. The molecule has 0 bridgehead atoms. The Morgan fingerprint density at radius 3 is 2.94 bits per heavy atom. The Bertz CT molecular complexity index is 568. The van der Waals surface area contributed by atoms with Crippen molar-refractivity contribution in [2.45, 2.75) is 24.8 Å². The second-order valence-electron chi connectivity index (χ2n) is 4.84. The Morgan fingerprint density at radius 1 is 1.33 bits per heavy atom. The van der Waals surface area contributed by atoms with E-state index in [0.29, 0.717) is 10.9 Å². The van der Waals surface area contributed by atoms with Crippen LogP contribution in [0.4, 0.5) is 0 Å². The van der Waals surface area contributed by atoms with E-state index in [2.05, 4.69) is 29.2 Å². The van der Waals surface area contributed by atoms with Gasteiger partial charge in [-0.05, 0) is 41.5 Å². The normalized spacial score (nSPS) is 18.9. The fourth-order valence-corrected chi connectivity index (χ4v) is 2.95. The molecule has 0 spiro atoms. The molecule has 0 aliphatic heterocycles. The number of fused-ring (bicyclic) bond motifs is 1. The van der Waals surface area contributed by atoms with E-state index in [-0.39, 0.29) is 6.04 Å². The van der Waals surface area contributed by atoms with Gasteiger partial charge in [0.05, 0.1) is 5.02 Å². The van der Waals surface area contributed by atoms with Gasteiger partial charge in [0.25, 0.3) is 0 Å². The Morgan fingerprint density at radius 2 is 2.17 bits per heavy atom. The Balaban J connectivity index is 1.74. The maximum atomic E-state index is 6.25. The fourth-order valence-electron chi connectivity index (χ4n) is 2.69. The summed E-state index contributed by atoms with van der Waals surface area (Å²) in [6.07, 6.45) is 5.48. The molecule has 2 N–H and O–H groups in total. The van der Waals surface area contributed by atoms with Crippen molar-refractivity contribution in [1.82, 2.24) is 4.98 Å². The standard InChI is InChI=1S/C15H15ClN2/c16-14-9-18-6-5-13(14)15(17)8-11-7-10-3-1-2-4-12(10)11/h1-6,9,11,15H,7-8,17H2. The van der Waals surface area contributed by atoms with Crippen LogP contribution in [0, 0.1) is 0 Å². The molecule has 18 heavy (non-hydrogen) atoms. The maximum Gasteiger partial charge on any atom is 0.0637 e. The van der Waals surface area contributed by atoms with Crippen LogP contribution in [-0.2, 0) is 6.42 Å². The monoisotopic (exact) mass is 258 g/mol. The molecule has 0 saturated heterocycles. The van der Waals surface area contributed by atoms with Crippen LogP contribution in [0.15, 0.2) is 42.7 Å². The lowest BCUT2D eigenvalue weighted by Gasteiger charge is -2.32. The molecule has 0 radical (unpaired) electrons. The molecule has 1 aromatic heterocycles. The van der Waals surface area contributed by atoms with Crippen LogP contribution in [0.1, 0.15) is 35.1 Å². The van der Waals surface area contributed by atoms with Crippen LogP contribution in [0.25, 0.3) is 0 Å². The Labute approximate surface area is 112 Å². The van der Waals surface area contributed by atoms with Crippen LogP contribution in [-0.4, -0.2) is 4.98 Å². The minimum Gasteiger partial charge on any atom is -0.324 e. The van der Waals surface area contributed by atoms with Gasteiger partial charge >= 0.3 is 0 Å². The maximum absolute atomic E-state index is 6.25. The van der Waals surface area contributed by atoms with E-state index in [9.17, 15) is 0 Å². The number of rotatable bonds is 3. The third-order valence-electron chi connectivity index (χ3n) is 3.70. The van der Waals surface area contributed by atoms with Gasteiger partial charge in [0.2, 0.25) is 0 Å². The quantitative estimate of drug-likeness (QED) is 0.916. The van der Waals surface area contributed by atoms with Gasteiger partial charge in [0.15, 0.2) is 0 Å². The van der Waals surface area contributed by atoms with E-state index < -0.39 is 0 Å². The average molecular weight is 259 g/mol. The van der Waals surface area contributed by atoms with Crippen molar-refractivity contribution in [2.75, 3.05) is 0 Å². The highest BCUT2D eigenvalue weighted by Crippen LogP contribution is 2.40. The van der Waals surface area contributed by atoms with Crippen molar-refractivity contribution in [3.05, 3.63) is 64.4 Å². The van der Waals surface area contributed by atoms with Gasteiger partial charge in [-0.3, -0.25) is 4.98 Å². The van der Waals surface area contributed by atoms with Crippen LogP contribution in [0.5, 0.6) is 0 Å². The van der Waals surface area contributed by atoms with Crippen molar-refractivity contribution >= 4 is 11.6 Å². The summed E-state index contributed by atoms with van der Waals surface area (Å²) in [5.74, 6) is 0.570. The van der Waals surface area contributed by atoms with E-state index in [1.165, 1.54) is 11.1 Å². The molecule has 2 aromatic rings. The van der Waals surface area contributed by atoms with Gasteiger partial charge in [-0.1, -0.05) is 35.9 Å². The summed E-state index contributed by atoms with van der Waals surface area (Å²) < 4.78 is 0. The van der Waals surface area contributed by atoms with Crippen LogP contribution >= 0.6 is 11.6 Å². The number of benzene rings is 1. The molecule has 0 fully saturated rings. The minimum atomic E-state index is -0.0149. The fraction of sp³-hybridized carbons (Fsp3) is 0.267. The van der Waals surface area contributed by atoms with Crippen LogP contribution < -0.4 is 5.73 Å². The number of halogens is 1. The smallest absolute Gasteiger partial charge is 0.0637 e. The molecule has 1 aliphatic carbocycles. The van der Waals surface area contributed by atoms with Crippen molar-refractivity contribution in [1.29, 1.82) is 0 Å². The van der Waals surface area contributed by atoms with E-state index >= 15 is 0 Å². The molecule has 2 atom stereocenters. The molecular formula is C15H15ClN2. The molecule has 2 nitrogen and oxygen atoms in total. The first kappa shape index (κ1) is 11.7. The number of pyridine rings is 1. The lowest BCUT2D eigenvalue weighted by atomic mass is 9.74. The zero-order valence-electron chi connectivity index (χ0n) is 10.0. The number of aromatic nitrogens is 1. The molecule has 3 rings (SSSR count).